The van der Waals surface area contributed by atoms with Crippen molar-refractivity contribution in [3.8, 4) is 0 Å². The van der Waals surface area contributed by atoms with Crippen LogP contribution >= 0.6 is 0 Å². The average molecular weight is 179 g/mol. The molecule has 3 nitrogen and oxygen atoms in total. The Morgan fingerprint density at radius 3 is 3.00 bits per heavy atom. The molecule has 1 rings (SSSR count). The Kier molecular flexibility index (Phi) is 4.26. The van der Waals surface area contributed by atoms with E-state index < -0.39 is 0 Å². The van der Waals surface area contributed by atoms with Crippen molar-refractivity contribution in [2.24, 2.45) is 0 Å². The molecule has 1 aromatic rings. The van der Waals surface area contributed by atoms with Crippen molar-refractivity contribution in [3.05, 3.63) is 24.0 Å². The molecule has 1 heterocycles. The number of pyridine rings is 1. The van der Waals surface area contributed by atoms with Crippen LogP contribution < -0.4 is 10.6 Å². The van der Waals surface area contributed by atoms with Gasteiger partial charge in [-0.05, 0) is 25.1 Å². The topological polar surface area (TPSA) is 37.0 Å². The fourth-order valence-electron chi connectivity index (χ4n) is 1.12. The van der Waals surface area contributed by atoms with E-state index in [1.807, 2.05) is 19.3 Å². The van der Waals surface area contributed by atoms with Crippen LogP contribution in [-0.2, 0) is 6.54 Å². The summed E-state index contributed by atoms with van der Waals surface area (Å²) in [5, 5.41) is 6.40. The van der Waals surface area contributed by atoms with Crippen molar-refractivity contribution >= 4 is 5.69 Å². The summed E-state index contributed by atoms with van der Waals surface area (Å²) in [4.78, 5) is 4.26. The van der Waals surface area contributed by atoms with E-state index in [2.05, 4.69) is 28.6 Å². The van der Waals surface area contributed by atoms with Gasteiger partial charge in [-0.25, -0.2) is 0 Å². The van der Waals surface area contributed by atoms with Gasteiger partial charge in [0.2, 0.25) is 0 Å². The van der Waals surface area contributed by atoms with Gasteiger partial charge in [0.05, 0.1) is 5.69 Å². The van der Waals surface area contributed by atoms with E-state index in [0.29, 0.717) is 0 Å². The van der Waals surface area contributed by atoms with Crippen LogP contribution in [0.5, 0.6) is 0 Å². The normalized spacial score (nSPS) is 10.0. The van der Waals surface area contributed by atoms with Crippen molar-refractivity contribution < 1.29 is 0 Å². The fourth-order valence-corrected chi connectivity index (χ4v) is 1.12. The summed E-state index contributed by atoms with van der Waals surface area (Å²) >= 11 is 0. The maximum Gasteiger partial charge on any atom is 0.0562 e. The van der Waals surface area contributed by atoms with E-state index in [9.17, 15) is 0 Å². The first-order chi connectivity index (χ1) is 6.36. The van der Waals surface area contributed by atoms with Gasteiger partial charge in [-0.3, -0.25) is 4.98 Å². The van der Waals surface area contributed by atoms with Crippen LogP contribution in [0.2, 0.25) is 0 Å². The van der Waals surface area contributed by atoms with Crippen LogP contribution in [0.1, 0.15) is 19.0 Å². The summed E-state index contributed by atoms with van der Waals surface area (Å²) in [5.41, 5.74) is 2.20. The summed E-state index contributed by atoms with van der Waals surface area (Å²) in [5.74, 6) is 0. The number of rotatable bonds is 5. The van der Waals surface area contributed by atoms with Crippen molar-refractivity contribution in [1.82, 2.24) is 10.3 Å². The summed E-state index contributed by atoms with van der Waals surface area (Å²) in [6.45, 7) is 4.05. The highest BCUT2D eigenvalue weighted by Gasteiger charge is 1.94. The van der Waals surface area contributed by atoms with Crippen molar-refractivity contribution in [3.63, 3.8) is 0 Å². The van der Waals surface area contributed by atoms with Gasteiger partial charge < -0.3 is 10.6 Å². The Morgan fingerprint density at radius 2 is 2.31 bits per heavy atom. The van der Waals surface area contributed by atoms with Gasteiger partial charge in [-0.15, -0.1) is 0 Å². The van der Waals surface area contributed by atoms with Gasteiger partial charge in [-0.2, -0.15) is 0 Å². The van der Waals surface area contributed by atoms with Crippen LogP contribution in [0, 0.1) is 0 Å². The molecule has 0 spiro atoms. The minimum Gasteiger partial charge on any atom is -0.388 e. The molecule has 0 saturated carbocycles. The molecule has 3 heteroatoms. The highest BCUT2D eigenvalue weighted by molar-refractivity contribution is 5.42. The average Bonchev–Trinajstić information content (AvgIpc) is 2.19. The summed E-state index contributed by atoms with van der Waals surface area (Å²) in [6, 6.07) is 4.02. The van der Waals surface area contributed by atoms with E-state index in [-0.39, 0.29) is 0 Å². The second-order valence-electron chi connectivity index (χ2n) is 2.96. The largest absolute Gasteiger partial charge is 0.388 e. The Bertz CT molecular complexity index is 248. The lowest BCUT2D eigenvalue weighted by atomic mass is 10.3. The third kappa shape index (κ3) is 3.42. The van der Waals surface area contributed by atoms with Gasteiger partial charge >= 0.3 is 0 Å². The van der Waals surface area contributed by atoms with Crippen LogP contribution in [0.15, 0.2) is 18.3 Å². The monoisotopic (exact) mass is 179 g/mol. The Morgan fingerprint density at radius 1 is 1.46 bits per heavy atom. The summed E-state index contributed by atoms with van der Waals surface area (Å²) in [6.07, 6.45) is 2.99. The molecule has 0 unspecified atom stereocenters. The lowest BCUT2D eigenvalue weighted by Crippen LogP contribution is -2.14. The molecule has 0 bridgehead atoms. The summed E-state index contributed by atoms with van der Waals surface area (Å²) in [7, 11) is 1.92. The molecule has 0 amide bonds. The number of hydrogen-bond donors (Lipinski definition) is 2. The standard InChI is InChI=1S/C10H17N3/c1-3-5-12-8-10-7-9(11-2)4-6-13-10/h4,6-7,12H,3,5,8H2,1-2H3,(H,11,13). The molecule has 0 aliphatic heterocycles. The van der Waals surface area contributed by atoms with Crippen LogP contribution in [0.3, 0.4) is 0 Å². The molecular weight excluding hydrogens is 162 g/mol. The van der Waals surface area contributed by atoms with Gasteiger partial charge in [-0.1, -0.05) is 6.92 Å². The highest BCUT2D eigenvalue weighted by Crippen LogP contribution is 2.05. The van der Waals surface area contributed by atoms with Gasteiger partial charge in [0.15, 0.2) is 0 Å². The van der Waals surface area contributed by atoms with Gasteiger partial charge in [0, 0.05) is 25.5 Å². The van der Waals surface area contributed by atoms with Crippen molar-refractivity contribution in [2.75, 3.05) is 18.9 Å². The Labute approximate surface area is 79.6 Å². The van der Waals surface area contributed by atoms with E-state index in [1.54, 1.807) is 0 Å². The first-order valence-corrected chi connectivity index (χ1v) is 4.70. The minimum absolute atomic E-state index is 0.851. The zero-order chi connectivity index (χ0) is 9.52. The lowest BCUT2D eigenvalue weighted by Gasteiger charge is -2.04. The van der Waals surface area contributed by atoms with Crippen LogP contribution in [-0.4, -0.2) is 18.6 Å². The third-order valence-corrected chi connectivity index (χ3v) is 1.84. The SMILES string of the molecule is CCCNCc1cc(NC)ccn1. The molecule has 0 aliphatic rings. The van der Waals surface area contributed by atoms with Crippen molar-refractivity contribution in [1.29, 1.82) is 0 Å². The van der Waals surface area contributed by atoms with Crippen molar-refractivity contribution in [2.45, 2.75) is 19.9 Å². The first-order valence-electron chi connectivity index (χ1n) is 4.70. The smallest absolute Gasteiger partial charge is 0.0562 e. The second kappa shape index (κ2) is 5.54. The highest BCUT2D eigenvalue weighted by atomic mass is 14.9. The third-order valence-electron chi connectivity index (χ3n) is 1.84. The maximum atomic E-state index is 4.26. The van der Waals surface area contributed by atoms with Crippen LogP contribution in [0.4, 0.5) is 5.69 Å². The molecular formula is C10H17N3. The number of nitrogens with one attached hydrogen (secondary N) is 2. The molecule has 0 aliphatic carbocycles. The Hall–Kier alpha value is -1.09. The zero-order valence-electron chi connectivity index (χ0n) is 8.30. The van der Waals surface area contributed by atoms with E-state index in [0.717, 1.165) is 30.9 Å². The predicted molar refractivity (Wildman–Crippen MR) is 55.8 cm³/mol. The molecule has 0 atom stereocenters. The van der Waals surface area contributed by atoms with E-state index in [1.165, 1.54) is 0 Å². The fraction of sp³-hybridized carbons (Fsp3) is 0.500. The molecule has 0 fully saturated rings. The molecule has 13 heavy (non-hydrogen) atoms. The minimum atomic E-state index is 0.851. The number of aromatic nitrogens is 1. The molecule has 2 N–H and O–H groups in total. The molecule has 0 radical (unpaired) electrons. The zero-order valence-corrected chi connectivity index (χ0v) is 8.30. The van der Waals surface area contributed by atoms with E-state index >= 15 is 0 Å². The van der Waals surface area contributed by atoms with Gasteiger partial charge in [0.1, 0.15) is 0 Å². The molecule has 1 aromatic heterocycles. The molecule has 72 valence electrons. The van der Waals surface area contributed by atoms with E-state index in [4.69, 9.17) is 0 Å². The number of anilines is 1. The summed E-state index contributed by atoms with van der Waals surface area (Å²) < 4.78 is 0. The van der Waals surface area contributed by atoms with Gasteiger partial charge in [0.25, 0.3) is 0 Å². The first kappa shape index (κ1) is 9.99. The van der Waals surface area contributed by atoms with Crippen LogP contribution in [0.25, 0.3) is 0 Å². The molecule has 0 saturated heterocycles. The quantitative estimate of drug-likeness (QED) is 0.674. The predicted octanol–water partition coefficient (Wildman–Crippen LogP) is 1.62. The number of hydrogen-bond acceptors (Lipinski definition) is 3. The maximum absolute atomic E-state index is 4.26. The molecule has 0 aromatic carbocycles. The second-order valence-corrected chi connectivity index (χ2v) is 2.96. The number of nitrogens with zero attached hydrogens (tertiary/aromatic N) is 1. The Balaban J connectivity index is 2.46. The lowest BCUT2D eigenvalue weighted by molar-refractivity contribution is 0.664.